The minimum absolute atomic E-state index is 0.0616. The van der Waals surface area contributed by atoms with Crippen molar-refractivity contribution in [3.05, 3.63) is 76.0 Å². The molecule has 0 spiro atoms. The molecular weight excluding hydrogens is 497 g/mol. The van der Waals surface area contributed by atoms with Gasteiger partial charge in [0, 0.05) is 23.2 Å². The number of benzene rings is 2. The number of aryl methyl sites for hydroxylation is 1. The zero-order chi connectivity index (χ0) is 24.3. The van der Waals surface area contributed by atoms with E-state index in [1.54, 1.807) is 18.2 Å². The lowest BCUT2D eigenvalue weighted by atomic mass is 10.2. The van der Waals surface area contributed by atoms with Crippen LogP contribution in [-0.4, -0.2) is 55.2 Å². The van der Waals surface area contributed by atoms with Gasteiger partial charge in [0.05, 0.1) is 23.1 Å². The summed E-state index contributed by atoms with van der Waals surface area (Å²) in [7, 11) is -3.09. The van der Waals surface area contributed by atoms with Gasteiger partial charge < -0.3 is 14.3 Å². The molecule has 3 aromatic rings. The van der Waals surface area contributed by atoms with Crippen molar-refractivity contribution < 1.29 is 22.7 Å². The van der Waals surface area contributed by atoms with Crippen LogP contribution in [0.25, 0.3) is 11.3 Å². The largest absolute Gasteiger partial charge is 0.491 e. The molecule has 1 aliphatic rings. The third-order valence-corrected chi connectivity index (χ3v) is 8.22. The molecule has 0 radical (unpaired) electrons. The number of nitrogens with zero attached hydrogens (tertiary/aromatic N) is 1. The summed E-state index contributed by atoms with van der Waals surface area (Å²) in [6.45, 7) is 2.64. The monoisotopic (exact) mass is 523 g/mol. The third kappa shape index (κ3) is 6.34. The van der Waals surface area contributed by atoms with Crippen LogP contribution < -0.4 is 4.74 Å². The summed E-state index contributed by atoms with van der Waals surface area (Å²) in [5, 5.41) is 11.8. The van der Waals surface area contributed by atoms with E-state index in [4.69, 9.17) is 32.4 Å². The van der Waals surface area contributed by atoms with Gasteiger partial charge in [-0.25, -0.2) is 8.42 Å². The molecule has 6 nitrogen and oxygen atoms in total. The van der Waals surface area contributed by atoms with Crippen LogP contribution in [0.3, 0.4) is 0 Å². The van der Waals surface area contributed by atoms with E-state index in [2.05, 4.69) is 0 Å². The van der Waals surface area contributed by atoms with E-state index in [0.29, 0.717) is 45.8 Å². The Morgan fingerprint density at radius 1 is 1.18 bits per heavy atom. The van der Waals surface area contributed by atoms with Crippen LogP contribution in [0.5, 0.6) is 5.75 Å². The maximum atomic E-state index is 12.1. The second-order valence-corrected chi connectivity index (χ2v) is 11.7. The number of halogens is 2. The highest BCUT2D eigenvalue weighted by Crippen LogP contribution is 2.32. The summed E-state index contributed by atoms with van der Waals surface area (Å²) in [4.78, 5) is 1.96. The van der Waals surface area contributed by atoms with E-state index in [0.717, 1.165) is 5.56 Å². The van der Waals surface area contributed by atoms with Crippen molar-refractivity contribution in [3.8, 4) is 17.1 Å². The SMILES string of the molecule is Cc1ccccc1OCC(O)CN(Cc1ccc(-c2cc(Cl)ccc2Cl)o1)C1CCS(=O)(=O)C1. The highest BCUT2D eigenvalue weighted by Gasteiger charge is 2.33. The lowest BCUT2D eigenvalue weighted by molar-refractivity contribution is 0.0496. The van der Waals surface area contributed by atoms with Gasteiger partial charge in [0.25, 0.3) is 0 Å². The van der Waals surface area contributed by atoms with Gasteiger partial charge in [0.2, 0.25) is 0 Å². The Labute approximate surface area is 210 Å². The first-order chi connectivity index (χ1) is 16.2. The van der Waals surface area contributed by atoms with Crippen molar-refractivity contribution in [2.75, 3.05) is 24.7 Å². The number of hydrogen-bond donors (Lipinski definition) is 1. The molecule has 1 N–H and O–H groups in total. The number of ether oxygens (including phenoxy) is 1. The van der Waals surface area contributed by atoms with E-state index in [-0.39, 0.29) is 30.7 Å². The van der Waals surface area contributed by atoms with Crippen molar-refractivity contribution in [3.63, 3.8) is 0 Å². The fourth-order valence-corrected chi connectivity index (χ4v) is 6.27. The van der Waals surface area contributed by atoms with Crippen molar-refractivity contribution in [2.45, 2.75) is 32.0 Å². The molecule has 0 bridgehead atoms. The van der Waals surface area contributed by atoms with Gasteiger partial charge in [-0.2, -0.15) is 0 Å². The Bertz CT molecular complexity index is 1240. The van der Waals surface area contributed by atoms with Crippen LogP contribution in [0.2, 0.25) is 10.0 Å². The van der Waals surface area contributed by atoms with E-state index >= 15 is 0 Å². The average molecular weight is 524 g/mol. The Balaban J connectivity index is 1.47. The molecular formula is C25H27Cl2NO5S. The third-order valence-electron chi connectivity index (χ3n) is 5.91. The van der Waals surface area contributed by atoms with E-state index in [1.807, 2.05) is 48.2 Å². The number of aliphatic hydroxyl groups is 1. The summed E-state index contributed by atoms with van der Waals surface area (Å²) in [5.41, 5.74) is 1.67. The van der Waals surface area contributed by atoms with E-state index in [1.165, 1.54) is 0 Å². The van der Waals surface area contributed by atoms with Crippen LogP contribution in [0, 0.1) is 6.92 Å². The van der Waals surface area contributed by atoms with Gasteiger partial charge >= 0.3 is 0 Å². The number of aliphatic hydroxyl groups excluding tert-OH is 1. The topological polar surface area (TPSA) is 80.0 Å². The van der Waals surface area contributed by atoms with Crippen molar-refractivity contribution in [2.24, 2.45) is 0 Å². The fraction of sp³-hybridized carbons (Fsp3) is 0.360. The average Bonchev–Trinajstić information content (AvgIpc) is 3.40. The molecule has 2 heterocycles. The predicted octanol–water partition coefficient (Wildman–Crippen LogP) is 4.99. The Hall–Kier alpha value is -2.03. The zero-order valence-corrected chi connectivity index (χ0v) is 21.1. The van der Waals surface area contributed by atoms with Crippen molar-refractivity contribution >= 4 is 33.0 Å². The molecule has 2 unspecified atom stereocenters. The molecule has 9 heteroatoms. The molecule has 2 aromatic carbocycles. The maximum absolute atomic E-state index is 12.1. The first-order valence-electron chi connectivity index (χ1n) is 11.1. The lowest BCUT2D eigenvalue weighted by Crippen LogP contribution is -2.42. The number of sulfone groups is 1. The number of hydrogen-bond acceptors (Lipinski definition) is 6. The number of para-hydroxylation sites is 1. The van der Waals surface area contributed by atoms with Gasteiger partial charge in [-0.3, -0.25) is 4.90 Å². The summed E-state index contributed by atoms with van der Waals surface area (Å²) >= 11 is 12.4. The second-order valence-electron chi connectivity index (χ2n) is 8.61. The normalized spacial score (nSPS) is 18.3. The Kier molecular flexibility index (Phi) is 7.90. The first kappa shape index (κ1) is 25.1. The van der Waals surface area contributed by atoms with Crippen molar-refractivity contribution in [1.82, 2.24) is 4.90 Å². The van der Waals surface area contributed by atoms with Crippen molar-refractivity contribution in [1.29, 1.82) is 0 Å². The number of furan rings is 1. The quantitative estimate of drug-likeness (QED) is 0.425. The van der Waals surface area contributed by atoms with Gasteiger partial charge in [0.1, 0.15) is 30.0 Å². The summed E-state index contributed by atoms with van der Waals surface area (Å²) in [6.07, 6.45) is -0.291. The molecule has 1 aliphatic heterocycles. The van der Waals surface area contributed by atoms with Crippen LogP contribution in [0.4, 0.5) is 0 Å². The standard InChI is InChI=1S/C25H27Cl2NO5S/c1-17-4-2-3-5-24(17)32-15-20(29)13-28(19-10-11-34(30,31)16-19)14-21-7-9-25(33-21)22-12-18(26)6-8-23(22)27/h2-9,12,19-20,29H,10-11,13-16H2,1H3. The molecule has 0 amide bonds. The first-order valence-corrected chi connectivity index (χ1v) is 13.6. The van der Waals surface area contributed by atoms with E-state index in [9.17, 15) is 13.5 Å². The minimum Gasteiger partial charge on any atom is -0.491 e. The molecule has 34 heavy (non-hydrogen) atoms. The summed E-state index contributed by atoms with van der Waals surface area (Å²) in [6, 6.07) is 16.2. The summed E-state index contributed by atoms with van der Waals surface area (Å²) in [5.74, 6) is 2.13. The predicted molar refractivity (Wildman–Crippen MR) is 134 cm³/mol. The highest BCUT2D eigenvalue weighted by molar-refractivity contribution is 7.91. The smallest absolute Gasteiger partial charge is 0.151 e. The molecule has 2 atom stereocenters. The van der Waals surface area contributed by atoms with Crippen LogP contribution in [-0.2, 0) is 16.4 Å². The zero-order valence-electron chi connectivity index (χ0n) is 18.8. The Morgan fingerprint density at radius 3 is 2.71 bits per heavy atom. The van der Waals surface area contributed by atoms with Crippen LogP contribution >= 0.6 is 23.2 Å². The molecule has 1 fully saturated rings. The molecule has 1 saturated heterocycles. The minimum atomic E-state index is -3.09. The van der Waals surface area contributed by atoms with Crippen LogP contribution in [0.15, 0.2) is 59.0 Å². The molecule has 1 aromatic heterocycles. The van der Waals surface area contributed by atoms with Gasteiger partial charge in [-0.15, -0.1) is 0 Å². The highest BCUT2D eigenvalue weighted by atomic mass is 35.5. The van der Waals surface area contributed by atoms with E-state index < -0.39 is 15.9 Å². The van der Waals surface area contributed by atoms with Crippen LogP contribution in [0.1, 0.15) is 17.7 Å². The lowest BCUT2D eigenvalue weighted by Gasteiger charge is -2.29. The summed E-state index contributed by atoms with van der Waals surface area (Å²) < 4.78 is 36.1. The fourth-order valence-electron chi connectivity index (χ4n) is 4.13. The molecule has 4 rings (SSSR count). The number of rotatable bonds is 9. The van der Waals surface area contributed by atoms with Gasteiger partial charge in [0.15, 0.2) is 9.84 Å². The molecule has 0 aliphatic carbocycles. The van der Waals surface area contributed by atoms with Gasteiger partial charge in [-0.05, 0) is 55.3 Å². The molecule has 0 saturated carbocycles. The molecule has 182 valence electrons. The Morgan fingerprint density at radius 2 is 1.97 bits per heavy atom. The second kappa shape index (κ2) is 10.7. The van der Waals surface area contributed by atoms with Gasteiger partial charge in [-0.1, -0.05) is 41.4 Å². The maximum Gasteiger partial charge on any atom is 0.151 e.